The Morgan fingerprint density at radius 2 is 1.65 bits per heavy atom. The van der Waals surface area contributed by atoms with E-state index in [4.69, 9.17) is 14.2 Å². The Balaban J connectivity index is 1.61. The van der Waals surface area contributed by atoms with Crippen molar-refractivity contribution in [3.63, 3.8) is 0 Å². The van der Waals surface area contributed by atoms with Crippen molar-refractivity contribution in [2.75, 3.05) is 20.3 Å². The lowest BCUT2D eigenvalue weighted by atomic mass is 9.99. The fourth-order valence-electron chi connectivity index (χ4n) is 3.90. The molecule has 0 bridgehead atoms. The third kappa shape index (κ3) is 6.13. The molecule has 4 rings (SSSR count). The van der Waals surface area contributed by atoms with Gasteiger partial charge in [0.05, 0.1) is 12.7 Å². The van der Waals surface area contributed by atoms with E-state index in [9.17, 15) is 14.4 Å². The SMILES string of the molecule is COc1cccc(OC/C=C(\C)C(=O)/C(=C/c2ccccc2)C(=O)N2C(=O)OC[C@@H]2c2ccccc2)c1. The third-order valence-corrected chi connectivity index (χ3v) is 5.90. The van der Waals surface area contributed by atoms with Crippen molar-refractivity contribution in [1.82, 2.24) is 4.90 Å². The number of benzene rings is 3. The molecule has 1 aliphatic heterocycles. The van der Waals surface area contributed by atoms with Gasteiger partial charge in [0, 0.05) is 6.07 Å². The van der Waals surface area contributed by atoms with Crippen molar-refractivity contribution in [3.05, 3.63) is 113 Å². The predicted octanol–water partition coefficient (Wildman–Crippen LogP) is 5.39. The van der Waals surface area contributed by atoms with Gasteiger partial charge in [-0.3, -0.25) is 9.59 Å². The summed E-state index contributed by atoms with van der Waals surface area (Å²) in [6.07, 6.45) is 2.32. The molecule has 1 saturated heterocycles. The van der Waals surface area contributed by atoms with Gasteiger partial charge in [0.25, 0.3) is 5.91 Å². The van der Waals surface area contributed by atoms with E-state index in [1.54, 1.807) is 68.6 Å². The number of ether oxygens (including phenoxy) is 3. The number of carbonyl (C=O) groups is 3. The molecule has 0 unspecified atom stereocenters. The fraction of sp³-hybridized carbons (Fsp3) is 0.167. The van der Waals surface area contributed by atoms with Gasteiger partial charge >= 0.3 is 6.09 Å². The van der Waals surface area contributed by atoms with Gasteiger partial charge < -0.3 is 14.2 Å². The number of amides is 2. The Bertz CT molecular complexity index is 1330. The minimum atomic E-state index is -0.784. The second-order valence-electron chi connectivity index (χ2n) is 8.35. The topological polar surface area (TPSA) is 82.1 Å². The normalized spacial score (nSPS) is 15.8. The van der Waals surface area contributed by atoms with Crippen molar-refractivity contribution in [1.29, 1.82) is 0 Å². The Morgan fingerprint density at radius 1 is 0.973 bits per heavy atom. The molecule has 7 nitrogen and oxygen atoms in total. The molecule has 0 radical (unpaired) electrons. The highest BCUT2D eigenvalue weighted by Gasteiger charge is 2.41. The maximum Gasteiger partial charge on any atom is 0.417 e. The molecule has 0 aromatic heterocycles. The van der Waals surface area contributed by atoms with Crippen LogP contribution in [-0.2, 0) is 14.3 Å². The number of nitrogens with zero attached hydrogens (tertiary/aromatic N) is 1. The molecule has 1 fully saturated rings. The lowest BCUT2D eigenvalue weighted by Crippen LogP contribution is -2.37. The molecule has 3 aromatic carbocycles. The van der Waals surface area contributed by atoms with E-state index in [2.05, 4.69) is 0 Å². The molecule has 1 aliphatic rings. The molecule has 7 heteroatoms. The minimum Gasteiger partial charge on any atom is -0.497 e. The van der Waals surface area contributed by atoms with Crippen LogP contribution in [0.3, 0.4) is 0 Å². The molecule has 0 spiro atoms. The maximum atomic E-state index is 13.7. The van der Waals surface area contributed by atoms with Crippen LogP contribution in [0.4, 0.5) is 4.79 Å². The number of hydrogen-bond acceptors (Lipinski definition) is 6. The van der Waals surface area contributed by atoms with Crippen LogP contribution < -0.4 is 9.47 Å². The van der Waals surface area contributed by atoms with Crippen molar-refractivity contribution in [2.24, 2.45) is 0 Å². The summed E-state index contributed by atoms with van der Waals surface area (Å²) in [6.45, 7) is 1.74. The molecule has 0 aliphatic carbocycles. The average Bonchev–Trinajstić information content (AvgIpc) is 3.33. The highest BCUT2D eigenvalue weighted by molar-refractivity contribution is 6.29. The van der Waals surface area contributed by atoms with Gasteiger partial charge in [0.2, 0.25) is 0 Å². The van der Waals surface area contributed by atoms with Gasteiger partial charge in [-0.1, -0.05) is 66.7 Å². The first-order valence-corrected chi connectivity index (χ1v) is 11.8. The zero-order valence-electron chi connectivity index (χ0n) is 20.6. The van der Waals surface area contributed by atoms with E-state index < -0.39 is 23.8 Å². The first-order chi connectivity index (χ1) is 18.0. The second kappa shape index (κ2) is 11.9. The van der Waals surface area contributed by atoms with Gasteiger partial charge in [-0.15, -0.1) is 0 Å². The first kappa shape index (κ1) is 25.4. The lowest BCUT2D eigenvalue weighted by molar-refractivity contribution is -0.127. The van der Waals surface area contributed by atoms with E-state index in [1.165, 1.54) is 6.08 Å². The molecule has 188 valence electrons. The number of cyclic esters (lactones) is 1. The third-order valence-electron chi connectivity index (χ3n) is 5.90. The van der Waals surface area contributed by atoms with Crippen molar-refractivity contribution >= 4 is 23.9 Å². The summed E-state index contributed by atoms with van der Waals surface area (Å²) in [5.74, 6) is 0.0113. The standard InChI is InChI=1S/C30H27NO6/c1-21(16-17-36-25-15-9-14-24(19-25)35-2)28(32)26(18-22-10-5-3-6-11-22)29(33)31-27(20-37-30(31)34)23-12-7-4-8-13-23/h3-16,18-19,27H,17,20H2,1-2H3/b21-16+,26-18-/t27-/m1/s1. The van der Waals surface area contributed by atoms with Crippen LogP contribution in [0.15, 0.2) is 102 Å². The Morgan fingerprint density at radius 3 is 2.35 bits per heavy atom. The summed E-state index contributed by atoms with van der Waals surface area (Å²) >= 11 is 0. The van der Waals surface area contributed by atoms with E-state index >= 15 is 0 Å². The number of allylic oxidation sites excluding steroid dienone is 1. The lowest BCUT2D eigenvalue weighted by Gasteiger charge is -2.21. The molecule has 3 aromatic rings. The number of methoxy groups -OCH3 is 1. The Labute approximate surface area is 215 Å². The van der Waals surface area contributed by atoms with Gasteiger partial charge in [0.1, 0.15) is 30.8 Å². The fourth-order valence-corrected chi connectivity index (χ4v) is 3.90. The van der Waals surface area contributed by atoms with Gasteiger partial charge in [-0.25, -0.2) is 9.69 Å². The molecular formula is C30H27NO6. The molecule has 1 atom stereocenters. The van der Waals surface area contributed by atoms with Gasteiger partial charge in [-0.2, -0.15) is 0 Å². The Kier molecular flexibility index (Phi) is 8.15. The summed E-state index contributed by atoms with van der Waals surface area (Å²) in [5, 5.41) is 0. The molecular weight excluding hydrogens is 470 g/mol. The quantitative estimate of drug-likeness (QED) is 0.224. The van der Waals surface area contributed by atoms with Crippen LogP contribution in [0, 0.1) is 0 Å². The summed E-state index contributed by atoms with van der Waals surface area (Å²) in [7, 11) is 1.57. The zero-order valence-corrected chi connectivity index (χ0v) is 20.6. The number of carbonyl (C=O) groups excluding carboxylic acids is 3. The van der Waals surface area contributed by atoms with E-state index in [-0.39, 0.29) is 18.8 Å². The van der Waals surface area contributed by atoms with E-state index in [0.717, 1.165) is 10.5 Å². The van der Waals surface area contributed by atoms with Gasteiger partial charge in [0.15, 0.2) is 5.78 Å². The minimum absolute atomic E-state index is 0.0184. The molecule has 0 N–H and O–H groups in total. The first-order valence-electron chi connectivity index (χ1n) is 11.8. The van der Waals surface area contributed by atoms with E-state index in [0.29, 0.717) is 22.6 Å². The highest BCUT2D eigenvalue weighted by Crippen LogP contribution is 2.30. The average molecular weight is 498 g/mol. The monoisotopic (exact) mass is 497 g/mol. The molecule has 37 heavy (non-hydrogen) atoms. The van der Waals surface area contributed by atoms with Crippen LogP contribution >= 0.6 is 0 Å². The molecule has 0 saturated carbocycles. The second-order valence-corrected chi connectivity index (χ2v) is 8.35. The summed E-state index contributed by atoms with van der Waals surface area (Å²) in [4.78, 5) is 40.9. The number of Topliss-reactive ketones (excluding diaryl/α,β-unsaturated/α-hetero) is 1. The number of hydrogen-bond donors (Lipinski definition) is 0. The van der Waals surface area contributed by atoms with Crippen molar-refractivity contribution < 1.29 is 28.6 Å². The van der Waals surface area contributed by atoms with Crippen molar-refractivity contribution in [2.45, 2.75) is 13.0 Å². The predicted molar refractivity (Wildman–Crippen MR) is 139 cm³/mol. The zero-order chi connectivity index (χ0) is 26.2. The smallest absolute Gasteiger partial charge is 0.417 e. The van der Waals surface area contributed by atoms with Crippen LogP contribution in [0.2, 0.25) is 0 Å². The number of rotatable bonds is 9. The highest BCUT2D eigenvalue weighted by atomic mass is 16.6. The van der Waals surface area contributed by atoms with E-state index in [1.807, 2.05) is 36.4 Å². The number of ketones is 1. The van der Waals surface area contributed by atoms with Crippen LogP contribution in [-0.4, -0.2) is 43.0 Å². The summed E-state index contributed by atoms with van der Waals surface area (Å²) in [6, 6.07) is 24.6. The number of imide groups is 1. The van der Waals surface area contributed by atoms with Crippen LogP contribution in [0.25, 0.3) is 6.08 Å². The Hall–Kier alpha value is -4.65. The van der Waals surface area contributed by atoms with Crippen LogP contribution in [0.5, 0.6) is 11.5 Å². The largest absolute Gasteiger partial charge is 0.497 e. The van der Waals surface area contributed by atoms with Crippen molar-refractivity contribution in [3.8, 4) is 11.5 Å². The maximum absolute atomic E-state index is 13.7. The van der Waals surface area contributed by atoms with Gasteiger partial charge in [-0.05, 0) is 47.9 Å². The molecule has 1 heterocycles. The summed E-state index contributed by atoms with van der Waals surface area (Å²) in [5.41, 5.74) is 1.57. The van der Waals surface area contributed by atoms with Crippen LogP contribution in [0.1, 0.15) is 24.1 Å². The summed E-state index contributed by atoms with van der Waals surface area (Å²) < 4.78 is 16.1. The molecule has 2 amide bonds.